The van der Waals surface area contributed by atoms with Gasteiger partial charge in [0.2, 0.25) is 0 Å². The van der Waals surface area contributed by atoms with E-state index in [1.807, 2.05) is 13.8 Å². The molecule has 2 saturated carbocycles. The Balaban J connectivity index is 1.37. The number of aryl methyl sites for hydroxylation is 2. The molecule has 2 aromatic heterocycles. The van der Waals surface area contributed by atoms with Crippen molar-refractivity contribution in [1.29, 1.82) is 0 Å². The average molecular weight is 429 g/mol. The largest absolute Gasteiger partial charge is 0.379 e. The van der Waals surface area contributed by atoms with Gasteiger partial charge in [0.05, 0.1) is 23.8 Å². The number of aromatic nitrogens is 2. The number of rotatable bonds is 5. The molecule has 0 aromatic carbocycles. The van der Waals surface area contributed by atoms with Gasteiger partial charge in [-0.1, -0.05) is 19.3 Å². The first-order valence-corrected chi connectivity index (χ1v) is 12.3. The molecule has 0 spiro atoms. The van der Waals surface area contributed by atoms with Crippen molar-refractivity contribution in [3.8, 4) is 0 Å². The molecule has 0 bridgehead atoms. The van der Waals surface area contributed by atoms with Crippen LogP contribution >= 0.6 is 11.3 Å². The first-order chi connectivity index (χ1) is 14.6. The van der Waals surface area contributed by atoms with Gasteiger partial charge in [0.15, 0.2) is 0 Å². The molecule has 3 heterocycles. The maximum Gasteiger partial charge on any atom is 0.261 e. The minimum atomic E-state index is 0.0427. The van der Waals surface area contributed by atoms with E-state index in [2.05, 4.69) is 10.2 Å². The van der Waals surface area contributed by atoms with Crippen LogP contribution in [0.1, 0.15) is 77.6 Å². The molecule has 5 rings (SSSR count). The van der Waals surface area contributed by atoms with Gasteiger partial charge < -0.3 is 10.1 Å². The zero-order valence-corrected chi connectivity index (χ0v) is 18.9. The highest BCUT2D eigenvalue weighted by molar-refractivity contribution is 7.20. The summed E-state index contributed by atoms with van der Waals surface area (Å²) >= 11 is 1.53. The maximum atomic E-state index is 13.3. The highest BCUT2D eigenvalue weighted by Gasteiger charge is 2.39. The fourth-order valence-corrected chi connectivity index (χ4v) is 6.43. The molecule has 3 aliphatic rings. The van der Waals surface area contributed by atoms with Crippen LogP contribution in [-0.2, 0) is 4.74 Å². The fraction of sp³-hybridized carbons (Fsp3) is 0.696. The Morgan fingerprint density at radius 2 is 1.90 bits per heavy atom. The van der Waals surface area contributed by atoms with Crippen molar-refractivity contribution in [1.82, 2.24) is 20.2 Å². The second kappa shape index (κ2) is 8.17. The third-order valence-corrected chi connectivity index (χ3v) is 8.37. The highest BCUT2D eigenvalue weighted by atomic mass is 32.1. The smallest absolute Gasteiger partial charge is 0.261 e. The number of thiophene rings is 1. The van der Waals surface area contributed by atoms with Crippen molar-refractivity contribution in [2.45, 2.75) is 70.3 Å². The number of ether oxygens (including phenoxy) is 1. The van der Waals surface area contributed by atoms with Gasteiger partial charge >= 0.3 is 0 Å². The third-order valence-electron chi connectivity index (χ3n) is 7.18. The van der Waals surface area contributed by atoms with Crippen LogP contribution in [0.2, 0.25) is 0 Å². The van der Waals surface area contributed by atoms with E-state index in [1.165, 1.54) is 43.4 Å². The summed E-state index contributed by atoms with van der Waals surface area (Å²) in [5.74, 6) is 1.52. The van der Waals surface area contributed by atoms with E-state index < -0.39 is 0 Å². The number of carbonyl (C=O) groups excluding carboxylic acids is 1. The quantitative estimate of drug-likeness (QED) is 0.781. The average Bonchev–Trinajstić information content (AvgIpc) is 3.57. The van der Waals surface area contributed by atoms with Crippen molar-refractivity contribution in [2.75, 3.05) is 32.8 Å². The molecule has 2 aliphatic carbocycles. The second-order valence-corrected chi connectivity index (χ2v) is 10.2. The summed E-state index contributed by atoms with van der Waals surface area (Å²) in [5.41, 5.74) is 2.11. The molecule has 1 N–H and O–H groups in total. The second-order valence-electron chi connectivity index (χ2n) is 9.24. The van der Waals surface area contributed by atoms with Gasteiger partial charge in [-0.15, -0.1) is 11.3 Å². The number of hydrogen-bond acceptors (Lipinski definition) is 6. The number of amides is 1. The SMILES string of the molecule is Cc1nc(C2CC2)nc2sc(C(=O)NCC3(N4CCOCC4)CCCCC3)c(C)c12. The molecule has 6 nitrogen and oxygen atoms in total. The van der Waals surface area contributed by atoms with Crippen LogP contribution in [0.15, 0.2) is 0 Å². The molecule has 0 radical (unpaired) electrons. The Hall–Kier alpha value is -1.57. The molecule has 0 unspecified atom stereocenters. The molecular formula is C23H32N4O2S. The minimum Gasteiger partial charge on any atom is -0.379 e. The standard InChI is InChI=1S/C23H32N4O2S/c1-15-18-16(2)25-20(17-6-7-17)26-22(18)30-19(15)21(28)24-14-23(8-4-3-5-9-23)27-10-12-29-13-11-27/h17H,3-14H2,1-2H3,(H,24,28). The lowest BCUT2D eigenvalue weighted by atomic mass is 9.79. The van der Waals surface area contributed by atoms with Crippen molar-refractivity contribution in [3.05, 3.63) is 22.0 Å². The van der Waals surface area contributed by atoms with Crippen LogP contribution < -0.4 is 5.32 Å². The Morgan fingerprint density at radius 1 is 1.17 bits per heavy atom. The van der Waals surface area contributed by atoms with Gasteiger partial charge in [-0.05, 0) is 45.1 Å². The molecule has 162 valence electrons. The van der Waals surface area contributed by atoms with Gasteiger partial charge in [0.1, 0.15) is 10.7 Å². The zero-order chi connectivity index (χ0) is 20.7. The predicted octanol–water partition coefficient (Wildman–Crippen LogP) is 3.95. The van der Waals surface area contributed by atoms with Gasteiger partial charge in [-0.2, -0.15) is 0 Å². The Morgan fingerprint density at radius 3 is 2.60 bits per heavy atom. The van der Waals surface area contributed by atoms with Crippen molar-refractivity contribution in [3.63, 3.8) is 0 Å². The topological polar surface area (TPSA) is 67.4 Å². The highest BCUT2D eigenvalue weighted by Crippen LogP contribution is 2.40. The van der Waals surface area contributed by atoms with Gasteiger partial charge in [0.25, 0.3) is 5.91 Å². The van der Waals surface area contributed by atoms with Crippen molar-refractivity contribution >= 4 is 27.5 Å². The van der Waals surface area contributed by atoms with E-state index in [0.29, 0.717) is 5.92 Å². The van der Waals surface area contributed by atoms with Gasteiger partial charge in [-0.3, -0.25) is 9.69 Å². The first-order valence-electron chi connectivity index (χ1n) is 11.5. The van der Waals surface area contributed by atoms with E-state index >= 15 is 0 Å². The van der Waals surface area contributed by atoms with Crippen LogP contribution in [-0.4, -0.2) is 59.2 Å². The number of carbonyl (C=O) groups is 1. The molecule has 1 aliphatic heterocycles. The van der Waals surface area contributed by atoms with Crippen molar-refractivity contribution in [2.24, 2.45) is 0 Å². The lowest BCUT2D eigenvalue weighted by molar-refractivity contribution is -0.0361. The number of nitrogens with zero attached hydrogens (tertiary/aromatic N) is 3. The van der Waals surface area contributed by atoms with E-state index in [1.54, 1.807) is 0 Å². The summed E-state index contributed by atoms with van der Waals surface area (Å²) < 4.78 is 5.58. The number of morpholine rings is 1. The number of nitrogens with one attached hydrogen (secondary N) is 1. The first kappa shape index (κ1) is 20.3. The molecule has 7 heteroatoms. The lowest BCUT2D eigenvalue weighted by Crippen LogP contribution is -2.59. The Labute approximate surface area is 182 Å². The molecule has 30 heavy (non-hydrogen) atoms. The molecule has 3 fully saturated rings. The van der Waals surface area contributed by atoms with Crippen LogP contribution in [0.3, 0.4) is 0 Å². The summed E-state index contributed by atoms with van der Waals surface area (Å²) in [6.45, 7) is 8.34. The summed E-state index contributed by atoms with van der Waals surface area (Å²) in [6.07, 6.45) is 8.49. The summed E-state index contributed by atoms with van der Waals surface area (Å²) in [4.78, 5) is 27.1. The predicted molar refractivity (Wildman–Crippen MR) is 119 cm³/mol. The molecule has 1 amide bonds. The number of hydrogen-bond donors (Lipinski definition) is 1. The zero-order valence-electron chi connectivity index (χ0n) is 18.1. The van der Waals surface area contributed by atoms with E-state index in [0.717, 1.165) is 77.9 Å². The van der Waals surface area contributed by atoms with E-state index in [-0.39, 0.29) is 11.4 Å². The van der Waals surface area contributed by atoms with Crippen LogP contribution in [0.25, 0.3) is 10.2 Å². The molecular weight excluding hydrogens is 396 g/mol. The Bertz CT molecular complexity index is 940. The molecule has 2 aromatic rings. The van der Waals surface area contributed by atoms with E-state index in [9.17, 15) is 4.79 Å². The molecule has 1 saturated heterocycles. The normalized spacial score (nSPS) is 22.3. The van der Waals surface area contributed by atoms with Gasteiger partial charge in [0, 0.05) is 36.5 Å². The van der Waals surface area contributed by atoms with Crippen LogP contribution in [0, 0.1) is 13.8 Å². The summed E-state index contributed by atoms with van der Waals surface area (Å²) in [6, 6.07) is 0. The van der Waals surface area contributed by atoms with Gasteiger partial charge in [-0.25, -0.2) is 9.97 Å². The van der Waals surface area contributed by atoms with Crippen LogP contribution in [0.5, 0.6) is 0 Å². The Kier molecular flexibility index (Phi) is 5.54. The fourth-order valence-electron chi connectivity index (χ4n) is 5.28. The summed E-state index contributed by atoms with van der Waals surface area (Å²) in [5, 5.41) is 4.38. The maximum absolute atomic E-state index is 13.3. The van der Waals surface area contributed by atoms with E-state index in [4.69, 9.17) is 14.7 Å². The van der Waals surface area contributed by atoms with Crippen molar-refractivity contribution < 1.29 is 9.53 Å². The number of fused-ring (bicyclic) bond motifs is 1. The lowest BCUT2D eigenvalue weighted by Gasteiger charge is -2.48. The molecule has 0 atom stereocenters. The minimum absolute atomic E-state index is 0.0427. The summed E-state index contributed by atoms with van der Waals surface area (Å²) in [7, 11) is 0. The van der Waals surface area contributed by atoms with Crippen LogP contribution in [0.4, 0.5) is 0 Å². The monoisotopic (exact) mass is 428 g/mol. The third kappa shape index (κ3) is 3.76.